The molecular weight excluding hydrogens is 192 g/mol. The van der Waals surface area contributed by atoms with Crippen molar-refractivity contribution in [3.8, 4) is 0 Å². The maximum atomic E-state index is 10.7. The molecule has 0 aromatic rings. The molecule has 0 spiro atoms. The van der Waals surface area contributed by atoms with Gasteiger partial charge in [0, 0.05) is 18.6 Å². The van der Waals surface area contributed by atoms with Crippen molar-refractivity contribution in [3.05, 3.63) is 0 Å². The van der Waals surface area contributed by atoms with Crippen LogP contribution in [-0.4, -0.2) is 47.7 Å². The van der Waals surface area contributed by atoms with Crippen LogP contribution in [-0.2, 0) is 4.79 Å². The van der Waals surface area contributed by atoms with Crippen LogP contribution in [0, 0.1) is 0 Å². The Labute approximate surface area is 91.6 Å². The Kier molecular flexibility index (Phi) is 5.05. The van der Waals surface area contributed by atoms with E-state index in [4.69, 9.17) is 5.11 Å². The van der Waals surface area contributed by atoms with E-state index in [0.29, 0.717) is 6.04 Å². The Balaban J connectivity index is 2.50. The second kappa shape index (κ2) is 6.08. The fraction of sp³-hybridized carbons (Fsp3) is 0.909. The topological polar surface area (TPSA) is 52.6 Å². The van der Waals surface area contributed by atoms with Gasteiger partial charge in [0.2, 0.25) is 0 Å². The van der Waals surface area contributed by atoms with Gasteiger partial charge in [-0.15, -0.1) is 0 Å². The molecule has 1 fully saturated rings. The van der Waals surface area contributed by atoms with Crippen LogP contribution in [0.1, 0.15) is 33.1 Å². The van der Waals surface area contributed by atoms with Crippen LogP contribution >= 0.6 is 0 Å². The molecule has 2 N–H and O–H groups in total. The number of rotatable bonds is 6. The molecule has 1 aliphatic rings. The van der Waals surface area contributed by atoms with Gasteiger partial charge in [0.15, 0.2) is 0 Å². The van der Waals surface area contributed by atoms with Gasteiger partial charge >= 0.3 is 5.97 Å². The van der Waals surface area contributed by atoms with E-state index in [2.05, 4.69) is 17.1 Å². The zero-order valence-electron chi connectivity index (χ0n) is 9.70. The number of carboxylic acid groups (broad SMARTS) is 1. The summed E-state index contributed by atoms with van der Waals surface area (Å²) in [6.45, 7) is 7.22. The lowest BCUT2D eigenvalue weighted by molar-refractivity contribution is -0.138. The highest BCUT2D eigenvalue weighted by molar-refractivity contribution is 5.67. The molecule has 88 valence electrons. The highest BCUT2D eigenvalue weighted by atomic mass is 16.4. The van der Waals surface area contributed by atoms with Crippen LogP contribution in [0.3, 0.4) is 0 Å². The monoisotopic (exact) mass is 214 g/mol. The van der Waals surface area contributed by atoms with Crippen molar-refractivity contribution in [2.75, 3.05) is 19.6 Å². The molecule has 15 heavy (non-hydrogen) atoms. The summed E-state index contributed by atoms with van der Waals surface area (Å²) >= 11 is 0. The summed E-state index contributed by atoms with van der Waals surface area (Å²) in [4.78, 5) is 13.0. The first kappa shape index (κ1) is 12.5. The van der Waals surface area contributed by atoms with E-state index in [0.717, 1.165) is 32.5 Å². The third-order valence-electron chi connectivity index (χ3n) is 3.02. The summed E-state index contributed by atoms with van der Waals surface area (Å²) in [6, 6.07) is 0.673. The lowest BCUT2D eigenvalue weighted by Crippen LogP contribution is -2.44. The van der Waals surface area contributed by atoms with Gasteiger partial charge in [-0.2, -0.15) is 0 Å². The minimum atomic E-state index is -0.699. The zero-order chi connectivity index (χ0) is 11.3. The van der Waals surface area contributed by atoms with Gasteiger partial charge < -0.3 is 10.4 Å². The van der Waals surface area contributed by atoms with Crippen LogP contribution in [0.5, 0.6) is 0 Å². The highest BCUT2D eigenvalue weighted by Crippen LogP contribution is 2.15. The van der Waals surface area contributed by atoms with Crippen LogP contribution in [0.25, 0.3) is 0 Å². The van der Waals surface area contributed by atoms with E-state index in [1.54, 1.807) is 0 Å². The molecule has 2 atom stereocenters. The molecule has 0 aromatic carbocycles. The zero-order valence-corrected chi connectivity index (χ0v) is 9.70. The van der Waals surface area contributed by atoms with E-state index in [9.17, 15) is 4.79 Å². The van der Waals surface area contributed by atoms with E-state index in [-0.39, 0.29) is 12.5 Å². The summed E-state index contributed by atoms with van der Waals surface area (Å²) in [6.07, 6.45) is 2.47. The number of hydrogen-bond acceptors (Lipinski definition) is 3. The fourth-order valence-corrected chi connectivity index (χ4v) is 2.31. The van der Waals surface area contributed by atoms with Crippen molar-refractivity contribution in [3.63, 3.8) is 0 Å². The summed E-state index contributed by atoms with van der Waals surface area (Å²) in [5.41, 5.74) is 0. The van der Waals surface area contributed by atoms with Crippen molar-refractivity contribution < 1.29 is 9.90 Å². The Morgan fingerprint density at radius 3 is 2.87 bits per heavy atom. The van der Waals surface area contributed by atoms with Crippen molar-refractivity contribution in [2.45, 2.75) is 45.2 Å². The summed E-state index contributed by atoms with van der Waals surface area (Å²) in [5.74, 6) is -0.699. The van der Waals surface area contributed by atoms with E-state index in [1.165, 1.54) is 0 Å². The average Bonchev–Trinajstić information content (AvgIpc) is 2.65. The Morgan fingerprint density at radius 2 is 2.40 bits per heavy atom. The fourth-order valence-electron chi connectivity index (χ4n) is 2.31. The predicted molar refractivity (Wildman–Crippen MR) is 60.0 cm³/mol. The standard InChI is InChI=1S/C11H22N2O2/c1-3-6-13(9(2)7-11(14)15)10-4-5-12-8-10/h9-10,12H,3-8H2,1-2H3,(H,14,15). The number of nitrogens with one attached hydrogen (secondary N) is 1. The van der Waals surface area contributed by atoms with Crippen LogP contribution < -0.4 is 5.32 Å². The Hall–Kier alpha value is -0.610. The van der Waals surface area contributed by atoms with Crippen molar-refractivity contribution in [1.82, 2.24) is 10.2 Å². The molecule has 0 aromatic heterocycles. The van der Waals surface area contributed by atoms with E-state index in [1.807, 2.05) is 6.92 Å². The Morgan fingerprint density at radius 1 is 1.67 bits per heavy atom. The second-order valence-electron chi connectivity index (χ2n) is 4.33. The van der Waals surface area contributed by atoms with Crippen molar-refractivity contribution in [2.24, 2.45) is 0 Å². The van der Waals surface area contributed by atoms with E-state index >= 15 is 0 Å². The molecule has 2 unspecified atom stereocenters. The largest absolute Gasteiger partial charge is 0.481 e. The molecule has 0 aliphatic carbocycles. The molecule has 1 rings (SSSR count). The molecule has 4 nitrogen and oxygen atoms in total. The van der Waals surface area contributed by atoms with Gasteiger partial charge in [-0.3, -0.25) is 9.69 Å². The molecular formula is C11H22N2O2. The quantitative estimate of drug-likeness (QED) is 0.690. The van der Waals surface area contributed by atoms with Gasteiger partial charge in [0.25, 0.3) is 0 Å². The maximum Gasteiger partial charge on any atom is 0.304 e. The van der Waals surface area contributed by atoms with Crippen LogP contribution in [0.15, 0.2) is 0 Å². The number of carbonyl (C=O) groups is 1. The predicted octanol–water partition coefficient (Wildman–Crippen LogP) is 0.924. The SMILES string of the molecule is CCCN(C(C)CC(=O)O)C1CCNC1. The van der Waals surface area contributed by atoms with Gasteiger partial charge in [0.05, 0.1) is 6.42 Å². The number of nitrogens with zero attached hydrogens (tertiary/aromatic N) is 1. The molecule has 0 bridgehead atoms. The van der Waals surface area contributed by atoms with Crippen LogP contribution in [0.4, 0.5) is 0 Å². The first-order valence-corrected chi connectivity index (χ1v) is 5.83. The molecule has 0 saturated carbocycles. The Bertz CT molecular complexity index is 203. The molecule has 0 amide bonds. The third kappa shape index (κ3) is 3.80. The van der Waals surface area contributed by atoms with E-state index < -0.39 is 5.97 Å². The first-order chi connectivity index (χ1) is 7.15. The van der Waals surface area contributed by atoms with Gasteiger partial charge in [-0.05, 0) is 32.9 Å². The summed E-state index contributed by atoms with van der Waals surface area (Å²) < 4.78 is 0. The molecule has 1 saturated heterocycles. The second-order valence-corrected chi connectivity index (χ2v) is 4.33. The number of carboxylic acids is 1. The summed E-state index contributed by atoms with van der Waals surface area (Å²) in [5, 5.41) is 12.1. The minimum Gasteiger partial charge on any atom is -0.481 e. The number of hydrogen-bond donors (Lipinski definition) is 2. The molecule has 1 aliphatic heterocycles. The molecule has 0 radical (unpaired) electrons. The lowest BCUT2D eigenvalue weighted by Gasteiger charge is -2.33. The van der Waals surface area contributed by atoms with Crippen molar-refractivity contribution in [1.29, 1.82) is 0 Å². The maximum absolute atomic E-state index is 10.7. The van der Waals surface area contributed by atoms with Crippen LogP contribution in [0.2, 0.25) is 0 Å². The van der Waals surface area contributed by atoms with Gasteiger partial charge in [0.1, 0.15) is 0 Å². The lowest BCUT2D eigenvalue weighted by atomic mass is 10.1. The van der Waals surface area contributed by atoms with Gasteiger partial charge in [-0.25, -0.2) is 0 Å². The molecule has 1 heterocycles. The smallest absolute Gasteiger partial charge is 0.304 e. The first-order valence-electron chi connectivity index (χ1n) is 5.83. The highest BCUT2D eigenvalue weighted by Gasteiger charge is 2.26. The third-order valence-corrected chi connectivity index (χ3v) is 3.02. The average molecular weight is 214 g/mol. The normalized spacial score (nSPS) is 23.3. The molecule has 4 heteroatoms. The van der Waals surface area contributed by atoms with Crippen molar-refractivity contribution >= 4 is 5.97 Å². The summed E-state index contributed by atoms with van der Waals surface area (Å²) in [7, 11) is 0. The number of aliphatic carboxylic acids is 1. The minimum absolute atomic E-state index is 0.146. The van der Waals surface area contributed by atoms with Gasteiger partial charge in [-0.1, -0.05) is 6.92 Å².